The first kappa shape index (κ1) is 19.0. The number of rotatable bonds is 6. The van der Waals surface area contributed by atoms with Crippen LogP contribution in [0.3, 0.4) is 0 Å². The largest absolute Gasteiger partial charge is 0.302 e. The van der Waals surface area contributed by atoms with E-state index in [0.29, 0.717) is 10.8 Å². The Labute approximate surface area is 161 Å². The van der Waals surface area contributed by atoms with Gasteiger partial charge in [0.2, 0.25) is 15.9 Å². The molecule has 27 heavy (non-hydrogen) atoms. The molecule has 2 aromatic heterocycles. The zero-order valence-corrected chi connectivity index (χ0v) is 16.4. The minimum Gasteiger partial charge on any atom is -0.302 e. The highest BCUT2D eigenvalue weighted by Crippen LogP contribution is 2.25. The minimum atomic E-state index is -3.32. The van der Waals surface area contributed by atoms with E-state index < -0.39 is 10.0 Å². The number of anilines is 2. The molecule has 0 aliphatic rings. The lowest BCUT2D eigenvalue weighted by Crippen LogP contribution is -2.14. The molecule has 0 bridgehead atoms. The van der Waals surface area contributed by atoms with Crippen LogP contribution >= 0.6 is 11.3 Å². The Morgan fingerprint density at radius 2 is 1.93 bits per heavy atom. The van der Waals surface area contributed by atoms with Gasteiger partial charge in [-0.15, -0.1) is 11.3 Å². The summed E-state index contributed by atoms with van der Waals surface area (Å²) in [5.41, 5.74) is 3.87. The number of thiazole rings is 1. The Hall–Kier alpha value is -2.78. The first-order valence-electron chi connectivity index (χ1n) is 8.04. The molecule has 2 heterocycles. The van der Waals surface area contributed by atoms with Gasteiger partial charge in [0.15, 0.2) is 5.13 Å². The highest BCUT2D eigenvalue weighted by Gasteiger charge is 2.10. The summed E-state index contributed by atoms with van der Waals surface area (Å²) in [6.45, 7) is 1.91. The van der Waals surface area contributed by atoms with Crippen molar-refractivity contribution in [1.29, 1.82) is 0 Å². The Kier molecular flexibility index (Phi) is 5.52. The predicted molar refractivity (Wildman–Crippen MR) is 107 cm³/mol. The molecule has 0 radical (unpaired) electrons. The van der Waals surface area contributed by atoms with Crippen LogP contribution in [-0.4, -0.2) is 30.5 Å². The van der Waals surface area contributed by atoms with Crippen LogP contribution in [0.25, 0.3) is 11.3 Å². The number of hydrogen-bond acceptors (Lipinski definition) is 6. The van der Waals surface area contributed by atoms with Gasteiger partial charge in [-0.2, -0.15) is 0 Å². The second kappa shape index (κ2) is 7.85. The van der Waals surface area contributed by atoms with Crippen LogP contribution in [0, 0.1) is 6.92 Å². The van der Waals surface area contributed by atoms with Gasteiger partial charge in [0.1, 0.15) is 0 Å². The van der Waals surface area contributed by atoms with E-state index in [1.165, 1.54) is 11.3 Å². The number of sulfonamides is 1. The van der Waals surface area contributed by atoms with Crippen molar-refractivity contribution >= 4 is 38.1 Å². The molecule has 0 fully saturated rings. The van der Waals surface area contributed by atoms with Crippen molar-refractivity contribution in [3.05, 3.63) is 59.2 Å². The van der Waals surface area contributed by atoms with Gasteiger partial charge in [-0.05, 0) is 36.8 Å². The summed E-state index contributed by atoms with van der Waals surface area (Å²) < 4.78 is 24.8. The maximum absolute atomic E-state index is 12.2. The van der Waals surface area contributed by atoms with E-state index in [0.717, 1.165) is 28.8 Å². The average Bonchev–Trinajstić information content (AvgIpc) is 3.04. The summed E-state index contributed by atoms with van der Waals surface area (Å²) in [7, 11) is -3.32. The fourth-order valence-electron chi connectivity index (χ4n) is 2.42. The zero-order chi connectivity index (χ0) is 19.4. The van der Waals surface area contributed by atoms with Crippen LogP contribution in [0.1, 0.15) is 11.3 Å². The van der Waals surface area contributed by atoms with Crippen LogP contribution in [0.2, 0.25) is 0 Å². The van der Waals surface area contributed by atoms with Gasteiger partial charge in [-0.1, -0.05) is 12.1 Å². The summed E-state index contributed by atoms with van der Waals surface area (Å²) >= 11 is 1.36. The number of hydrogen-bond donors (Lipinski definition) is 2. The fourth-order valence-corrected chi connectivity index (χ4v) is 3.72. The van der Waals surface area contributed by atoms with Crippen molar-refractivity contribution in [1.82, 2.24) is 9.97 Å². The van der Waals surface area contributed by atoms with Crippen LogP contribution in [0.15, 0.2) is 48.0 Å². The summed E-state index contributed by atoms with van der Waals surface area (Å²) in [4.78, 5) is 20.8. The molecule has 3 rings (SSSR count). The van der Waals surface area contributed by atoms with E-state index in [9.17, 15) is 13.2 Å². The predicted octanol–water partition coefficient (Wildman–Crippen LogP) is 3.07. The highest BCUT2D eigenvalue weighted by molar-refractivity contribution is 7.92. The van der Waals surface area contributed by atoms with E-state index in [1.54, 1.807) is 30.5 Å². The van der Waals surface area contributed by atoms with Crippen molar-refractivity contribution < 1.29 is 13.2 Å². The quantitative estimate of drug-likeness (QED) is 0.660. The summed E-state index contributed by atoms with van der Waals surface area (Å²) in [5, 5.41) is 5.20. The minimum absolute atomic E-state index is 0.169. The molecule has 0 saturated heterocycles. The van der Waals surface area contributed by atoms with Crippen LogP contribution in [-0.2, 0) is 21.2 Å². The first-order valence-corrected chi connectivity index (χ1v) is 10.8. The average molecular weight is 403 g/mol. The van der Waals surface area contributed by atoms with Crippen molar-refractivity contribution in [2.45, 2.75) is 13.3 Å². The lowest BCUT2D eigenvalue weighted by Gasteiger charge is -2.06. The second-order valence-electron chi connectivity index (χ2n) is 6.02. The maximum atomic E-state index is 12.2. The van der Waals surface area contributed by atoms with Gasteiger partial charge in [0.05, 0.1) is 18.4 Å². The Morgan fingerprint density at radius 3 is 2.59 bits per heavy atom. The van der Waals surface area contributed by atoms with Crippen molar-refractivity contribution in [3.8, 4) is 11.3 Å². The van der Waals surface area contributed by atoms with E-state index in [4.69, 9.17) is 0 Å². The van der Waals surface area contributed by atoms with E-state index in [-0.39, 0.29) is 12.3 Å². The zero-order valence-electron chi connectivity index (χ0n) is 14.8. The standard InChI is InChI=1S/C18H18N4O3S2/c1-12-9-14(7-8-19-12)16-11-26-18(20-16)21-17(23)10-13-3-5-15(6-4-13)22-27(2,24)25/h3-9,11,22H,10H2,1-2H3,(H,20,21,23). The molecular formula is C18H18N4O3S2. The van der Waals surface area contributed by atoms with E-state index in [2.05, 4.69) is 20.0 Å². The van der Waals surface area contributed by atoms with Gasteiger partial charge >= 0.3 is 0 Å². The molecule has 0 unspecified atom stereocenters. The first-order chi connectivity index (χ1) is 12.8. The van der Waals surface area contributed by atoms with Gasteiger partial charge in [0, 0.05) is 28.5 Å². The molecule has 0 spiro atoms. The van der Waals surface area contributed by atoms with E-state index in [1.807, 2.05) is 24.4 Å². The fraction of sp³-hybridized carbons (Fsp3) is 0.167. The molecular weight excluding hydrogens is 384 g/mol. The smallest absolute Gasteiger partial charge is 0.230 e. The SMILES string of the molecule is Cc1cc(-c2csc(NC(=O)Cc3ccc(NS(C)(=O)=O)cc3)n2)ccn1. The number of nitrogens with one attached hydrogen (secondary N) is 2. The molecule has 3 aromatic rings. The molecule has 1 amide bonds. The molecule has 0 aliphatic carbocycles. The molecule has 7 nitrogen and oxygen atoms in total. The van der Waals surface area contributed by atoms with Crippen molar-refractivity contribution in [2.75, 3.05) is 16.3 Å². The Morgan fingerprint density at radius 1 is 1.19 bits per heavy atom. The third-order valence-electron chi connectivity index (χ3n) is 3.56. The van der Waals surface area contributed by atoms with Gasteiger partial charge < -0.3 is 5.32 Å². The Bertz CT molecular complexity index is 1060. The molecule has 0 atom stereocenters. The van der Waals surface area contributed by atoms with Crippen LogP contribution in [0.4, 0.5) is 10.8 Å². The monoisotopic (exact) mass is 402 g/mol. The lowest BCUT2D eigenvalue weighted by molar-refractivity contribution is -0.115. The van der Waals surface area contributed by atoms with Crippen molar-refractivity contribution in [2.24, 2.45) is 0 Å². The third kappa shape index (κ3) is 5.60. The Balaban J connectivity index is 1.61. The molecule has 140 valence electrons. The summed E-state index contributed by atoms with van der Waals surface area (Å²) in [5.74, 6) is -0.189. The molecule has 0 aliphatic heterocycles. The number of pyridine rings is 1. The normalized spacial score (nSPS) is 11.2. The second-order valence-corrected chi connectivity index (χ2v) is 8.63. The lowest BCUT2D eigenvalue weighted by atomic mass is 10.1. The summed E-state index contributed by atoms with van der Waals surface area (Å²) in [6.07, 6.45) is 2.98. The summed E-state index contributed by atoms with van der Waals surface area (Å²) in [6, 6.07) is 10.5. The number of aromatic nitrogens is 2. The number of nitrogens with zero attached hydrogens (tertiary/aromatic N) is 2. The van der Waals surface area contributed by atoms with Crippen LogP contribution < -0.4 is 10.0 Å². The molecule has 9 heteroatoms. The topological polar surface area (TPSA) is 101 Å². The van der Waals surface area contributed by atoms with Gasteiger partial charge in [0.25, 0.3) is 0 Å². The number of carbonyl (C=O) groups is 1. The number of carbonyl (C=O) groups excluding carboxylic acids is 1. The number of aryl methyl sites for hydroxylation is 1. The highest BCUT2D eigenvalue weighted by atomic mass is 32.2. The van der Waals surface area contributed by atoms with Gasteiger partial charge in [-0.25, -0.2) is 13.4 Å². The molecule has 1 aromatic carbocycles. The molecule has 0 saturated carbocycles. The number of benzene rings is 1. The third-order valence-corrected chi connectivity index (χ3v) is 4.93. The van der Waals surface area contributed by atoms with E-state index >= 15 is 0 Å². The maximum Gasteiger partial charge on any atom is 0.230 e. The molecule has 2 N–H and O–H groups in total. The number of amides is 1. The van der Waals surface area contributed by atoms with Gasteiger partial charge in [-0.3, -0.25) is 14.5 Å². The van der Waals surface area contributed by atoms with Crippen molar-refractivity contribution in [3.63, 3.8) is 0 Å². The van der Waals surface area contributed by atoms with Crippen LogP contribution in [0.5, 0.6) is 0 Å².